The minimum absolute atomic E-state index is 0.267. The molecular formula is C22H21N5O. The van der Waals surface area contributed by atoms with Crippen LogP contribution in [-0.4, -0.2) is 21.0 Å². The SMILES string of the molecule is Cc1nc(NC(=O)NC(C)c2nc3ccccc3[nH]2)ccc1-c1ccccc1. The van der Waals surface area contributed by atoms with E-state index in [1.54, 1.807) is 6.07 Å². The van der Waals surface area contributed by atoms with Crippen LogP contribution in [0.1, 0.15) is 24.5 Å². The van der Waals surface area contributed by atoms with Crippen LogP contribution in [0.25, 0.3) is 22.2 Å². The van der Waals surface area contributed by atoms with Gasteiger partial charge in [0.15, 0.2) is 0 Å². The number of fused-ring (bicyclic) bond motifs is 1. The van der Waals surface area contributed by atoms with Gasteiger partial charge < -0.3 is 10.3 Å². The van der Waals surface area contributed by atoms with Crippen molar-refractivity contribution in [1.29, 1.82) is 0 Å². The highest BCUT2D eigenvalue weighted by Crippen LogP contribution is 2.23. The molecule has 2 heterocycles. The van der Waals surface area contributed by atoms with Gasteiger partial charge in [-0.1, -0.05) is 42.5 Å². The molecule has 2 aromatic heterocycles. The molecule has 6 nitrogen and oxygen atoms in total. The predicted octanol–water partition coefficient (Wildman–Crippen LogP) is 4.82. The van der Waals surface area contributed by atoms with Gasteiger partial charge in [0, 0.05) is 11.3 Å². The number of pyridine rings is 1. The smallest absolute Gasteiger partial charge is 0.320 e. The van der Waals surface area contributed by atoms with Crippen LogP contribution >= 0.6 is 0 Å². The third-order valence-electron chi connectivity index (χ3n) is 4.58. The summed E-state index contributed by atoms with van der Waals surface area (Å²) in [5.41, 5.74) is 4.82. The predicted molar refractivity (Wildman–Crippen MR) is 111 cm³/mol. The summed E-state index contributed by atoms with van der Waals surface area (Å²) in [7, 11) is 0. The molecule has 6 heteroatoms. The maximum atomic E-state index is 12.4. The van der Waals surface area contributed by atoms with E-state index in [0.29, 0.717) is 11.6 Å². The highest BCUT2D eigenvalue weighted by molar-refractivity contribution is 5.89. The van der Waals surface area contributed by atoms with Gasteiger partial charge in [0.2, 0.25) is 0 Å². The number of nitrogens with zero attached hydrogens (tertiary/aromatic N) is 2. The first-order valence-corrected chi connectivity index (χ1v) is 9.15. The Hall–Kier alpha value is -3.67. The van der Waals surface area contributed by atoms with E-state index in [-0.39, 0.29) is 12.1 Å². The molecule has 1 atom stereocenters. The first-order chi connectivity index (χ1) is 13.6. The van der Waals surface area contributed by atoms with Crippen LogP contribution < -0.4 is 10.6 Å². The van der Waals surface area contributed by atoms with Gasteiger partial charge in [-0.05, 0) is 43.7 Å². The van der Waals surface area contributed by atoms with E-state index in [9.17, 15) is 4.79 Å². The minimum atomic E-state index is -0.327. The zero-order valence-corrected chi connectivity index (χ0v) is 15.7. The lowest BCUT2D eigenvalue weighted by atomic mass is 10.0. The summed E-state index contributed by atoms with van der Waals surface area (Å²) >= 11 is 0. The summed E-state index contributed by atoms with van der Waals surface area (Å²) in [5.74, 6) is 1.21. The number of nitrogens with one attached hydrogen (secondary N) is 3. The number of urea groups is 1. The number of aryl methyl sites for hydroxylation is 1. The molecule has 2 amide bonds. The topological polar surface area (TPSA) is 82.7 Å². The van der Waals surface area contributed by atoms with Crippen molar-refractivity contribution in [1.82, 2.24) is 20.3 Å². The number of imidazole rings is 1. The molecule has 28 heavy (non-hydrogen) atoms. The third kappa shape index (κ3) is 3.71. The average molecular weight is 371 g/mol. The summed E-state index contributed by atoms with van der Waals surface area (Å²) in [5, 5.41) is 5.68. The number of amides is 2. The molecular weight excluding hydrogens is 350 g/mol. The molecule has 0 bridgehead atoms. The standard InChI is InChI=1S/C22H21N5O/c1-14-17(16-8-4-3-5-9-16)12-13-20(23-14)27-22(28)24-15(2)21-25-18-10-6-7-11-19(18)26-21/h3-13,15H,1-2H3,(H,25,26)(H2,23,24,27,28). The maximum Gasteiger partial charge on any atom is 0.320 e. The van der Waals surface area contributed by atoms with Gasteiger partial charge in [-0.15, -0.1) is 0 Å². The van der Waals surface area contributed by atoms with Gasteiger partial charge in [-0.2, -0.15) is 0 Å². The lowest BCUT2D eigenvalue weighted by molar-refractivity contribution is 0.249. The first kappa shape index (κ1) is 17.7. The number of para-hydroxylation sites is 2. The molecule has 0 saturated carbocycles. The van der Waals surface area contributed by atoms with Crippen molar-refractivity contribution in [2.45, 2.75) is 19.9 Å². The molecule has 2 aromatic carbocycles. The Morgan fingerprint density at radius 2 is 1.71 bits per heavy atom. The molecule has 3 N–H and O–H groups in total. The lowest BCUT2D eigenvalue weighted by Crippen LogP contribution is -2.32. The first-order valence-electron chi connectivity index (χ1n) is 9.15. The Morgan fingerprint density at radius 1 is 0.964 bits per heavy atom. The Labute approximate surface area is 163 Å². The molecule has 4 aromatic rings. The van der Waals surface area contributed by atoms with Crippen LogP contribution in [0.5, 0.6) is 0 Å². The molecule has 0 saturated heterocycles. The van der Waals surface area contributed by atoms with Crippen molar-refractivity contribution in [2.24, 2.45) is 0 Å². The molecule has 0 aliphatic heterocycles. The van der Waals surface area contributed by atoms with Gasteiger partial charge >= 0.3 is 6.03 Å². The second kappa shape index (κ2) is 7.52. The van der Waals surface area contributed by atoms with E-state index < -0.39 is 0 Å². The van der Waals surface area contributed by atoms with E-state index >= 15 is 0 Å². The Bertz CT molecular complexity index is 1090. The molecule has 0 aliphatic rings. The summed E-state index contributed by atoms with van der Waals surface area (Å²) < 4.78 is 0. The number of benzene rings is 2. The van der Waals surface area contributed by atoms with Crippen molar-refractivity contribution in [2.75, 3.05) is 5.32 Å². The molecule has 140 valence electrons. The fourth-order valence-corrected chi connectivity index (χ4v) is 3.15. The van der Waals surface area contributed by atoms with E-state index in [1.807, 2.05) is 74.5 Å². The third-order valence-corrected chi connectivity index (χ3v) is 4.58. The summed E-state index contributed by atoms with van der Waals surface area (Å²) in [6.45, 7) is 3.82. The second-order valence-electron chi connectivity index (χ2n) is 6.65. The zero-order chi connectivity index (χ0) is 19.5. The number of hydrogen-bond donors (Lipinski definition) is 3. The number of aromatic amines is 1. The second-order valence-corrected chi connectivity index (χ2v) is 6.65. The Balaban J connectivity index is 1.44. The maximum absolute atomic E-state index is 12.4. The van der Waals surface area contributed by atoms with Crippen LogP contribution in [0.3, 0.4) is 0 Å². The monoisotopic (exact) mass is 371 g/mol. The van der Waals surface area contributed by atoms with E-state index in [1.165, 1.54) is 0 Å². The van der Waals surface area contributed by atoms with Crippen LogP contribution in [0.15, 0.2) is 66.7 Å². The number of anilines is 1. The fourth-order valence-electron chi connectivity index (χ4n) is 3.15. The van der Waals surface area contributed by atoms with Crippen molar-refractivity contribution < 1.29 is 4.79 Å². The number of carbonyl (C=O) groups is 1. The lowest BCUT2D eigenvalue weighted by Gasteiger charge is -2.13. The van der Waals surface area contributed by atoms with Crippen molar-refractivity contribution >= 4 is 22.9 Å². The Kier molecular flexibility index (Phi) is 4.76. The van der Waals surface area contributed by atoms with E-state index in [2.05, 4.69) is 25.6 Å². The zero-order valence-electron chi connectivity index (χ0n) is 15.7. The van der Waals surface area contributed by atoms with Gasteiger partial charge in [0.1, 0.15) is 11.6 Å². The molecule has 0 fully saturated rings. The molecule has 0 spiro atoms. The van der Waals surface area contributed by atoms with E-state index in [4.69, 9.17) is 0 Å². The Morgan fingerprint density at radius 3 is 2.46 bits per heavy atom. The summed E-state index contributed by atoms with van der Waals surface area (Å²) in [4.78, 5) is 24.6. The van der Waals surface area contributed by atoms with Gasteiger partial charge in [-0.3, -0.25) is 5.32 Å². The quantitative estimate of drug-likeness (QED) is 0.481. The van der Waals surface area contributed by atoms with Crippen LogP contribution in [0.2, 0.25) is 0 Å². The van der Waals surface area contributed by atoms with Crippen molar-refractivity contribution in [3.63, 3.8) is 0 Å². The molecule has 0 radical (unpaired) electrons. The number of carbonyl (C=O) groups excluding carboxylic acids is 1. The highest BCUT2D eigenvalue weighted by atomic mass is 16.2. The van der Waals surface area contributed by atoms with Crippen LogP contribution in [0.4, 0.5) is 10.6 Å². The number of hydrogen-bond acceptors (Lipinski definition) is 3. The summed E-state index contributed by atoms with van der Waals surface area (Å²) in [6, 6.07) is 21.0. The molecule has 0 aliphatic carbocycles. The van der Waals surface area contributed by atoms with Gasteiger partial charge in [0.25, 0.3) is 0 Å². The number of rotatable bonds is 4. The largest absolute Gasteiger partial charge is 0.340 e. The molecule has 4 rings (SSSR count). The van der Waals surface area contributed by atoms with Gasteiger partial charge in [-0.25, -0.2) is 14.8 Å². The fraction of sp³-hybridized carbons (Fsp3) is 0.136. The van der Waals surface area contributed by atoms with Crippen LogP contribution in [0, 0.1) is 6.92 Å². The van der Waals surface area contributed by atoms with Crippen LogP contribution in [-0.2, 0) is 0 Å². The average Bonchev–Trinajstić information content (AvgIpc) is 3.13. The minimum Gasteiger partial charge on any atom is -0.340 e. The van der Waals surface area contributed by atoms with Gasteiger partial charge in [0.05, 0.1) is 17.1 Å². The van der Waals surface area contributed by atoms with Crippen molar-refractivity contribution in [3.8, 4) is 11.1 Å². The molecule has 1 unspecified atom stereocenters. The summed E-state index contributed by atoms with van der Waals surface area (Å²) in [6.07, 6.45) is 0. The number of aromatic nitrogens is 3. The van der Waals surface area contributed by atoms with E-state index in [0.717, 1.165) is 27.9 Å². The highest BCUT2D eigenvalue weighted by Gasteiger charge is 2.14. The van der Waals surface area contributed by atoms with Crippen molar-refractivity contribution in [3.05, 3.63) is 78.2 Å². The normalized spacial score (nSPS) is 11.9. The number of H-pyrrole nitrogens is 1.